The van der Waals surface area contributed by atoms with Crippen molar-refractivity contribution < 1.29 is 4.79 Å². The van der Waals surface area contributed by atoms with Gasteiger partial charge < -0.3 is 5.32 Å². The molecule has 0 fully saturated rings. The van der Waals surface area contributed by atoms with Crippen molar-refractivity contribution in [3.8, 4) is 6.07 Å². The number of nitrogens with one attached hydrogen (secondary N) is 1. The van der Waals surface area contributed by atoms with Crippen LogP contribution in [0.1, 0.15) is 55.2 Å². The summed E-state index contributed by atoms with van der Waals surface area (Å²) in [6.07, 6.45) is 1.05. The van der Waals surface area contributed by atoms with Crippen LogP contribution in [0.25, 0.3) is 0 Å². The minimum atomic E-state index is -0.915. The number of carbonyl (C=O) groups excluding carboxylic acids is 1. The van der Waals surface area contributed by atoms with Gasteiger partial charge >= 0.3 is 0 Å². The van der Waals surface area contributed by atoms with E-state index < -0.39 is 5.41 Å². The number of hydrogen-bond acceptors (Lipinski definition) is 4. The Balaban J connectivity index is 2.88. The molecule has 0 spiro atoms. The van der Waals surface area contributed by atoms with E-state index in [1.807, 2.05) is 34.6 Å². The molecule has 1 amide bonds. The zero-order valence-electron chi connectivity index (χ0n) is 12.2. The molecule has 1 N–H and O–H groups in total. The Bertz CT molecular complexity index is 497. The lowest BCUT2D eigenvalue weighted by Gasteiger charge is -2.24. The molecule has 0 bridgehead atoms. The number of rotatable bonds is 5. The van der Waals surface area contributed by atoms with Crippen LogP contribution in [0.3, 0.4) is 0 Å². The van der Waals surface area contributed by atoms with Gasteiger partial charge in [-0.15, -0.1) is 11.3 Å². The minimum Gasteiger partial charge on any atom is -0.347 e. The van der Waals surface area contributed by atoms with Crippen molar-refractivity contribution in [3.63, 3.8) is 0 Å². The Hall–Kier alpha value is -1.41. The number of nitrogens with zero attached hydrogens (tertiary/aromatic N) is 2. The van der Waals surface area contributed by atoms with Gasteiger partial charge in [0.1, 0.15) is 5.41 Å². The van der Waals surface area contributed by atoms with E-state index in [4.69, 9.17) is 0 Å². The molecular weight excluding hydrogens is 258 g/mol. The van der Waals surface area contributed by atoms with Gasteiger partial charge in [0.25, 0.3) is 0 Å². The van der Waals surface area contributed by atoms with Gasteiger partial charge in [0.2, 0.25) is 5.91 Å². The lowest BCUT2D eigenvalue weighted by molar-refractivity contribution is -0.129. The highest BCUT2D eigenvalue weighted by Gasteiger charge is 2.36. The molecule has 1 heterocycles. The second-order valence-electron chi connectivity index (χ2n) is 4.78. The zero-order chi connectivity index (χ0) is 14.6. The van der Waals surface area contributed by atoms with E-state index in [1.165, 1.54) is 0 Å². The average Bonchev–Trinajstić information content (AvgIpc) is 2.71. The average molecular weight is 279 g/mol. The summed E-state index contributed by atoms with van der Waals surface area (Å²) in [7, 11) is 0. The highest BCUT2D eigenvalue weighted by Crippen LogP contribution is 2.29. The molecule has 0 aliphatic heterocycles. The monoisotopic (exact) mass is 279 g/mol. The molecule has 1 atom stereocenters. The number of aromatic nitrogens is 1. The van der Waals surface area contributed by atoms with Crippen LogP contribution < -0.4 is 5.32 Å². The summed E-state index contributed by atoms with van der Waals surface area (Å²) in [5.41, 5.74) is 0.0351. The molecule has 0 saturated carbocycles. The van der Waals surface area contributed by atoms with Gasteiger partial charge in [0.05, 0.1) is 22.8 Å². The number of thiazole rings is 1. The maximum atomic E-state index is 12.3. The Morgan fingerprint density at radius 3 is 2.42 bits per heavy atom. The molecule has 1 aromatic rings. The summed E-state index contributed by atoms with van der Waals surface area (Å²) < 4.78 is 0. The van der Waals surface area contributed by atoms with Gasteiger partial charge in [-0.3, -0.25) is 4.79 Å². The smallest absolute Gasteiger partial charge is 0.240 e. The maximum absolute atomic E-state index is 12.3. The summed E-state index contributed by atoms with van der Waals surface area (Å²) in [5.74, 6) is -0.182. The van der Waals surface area contributed by atoms with Gasteiger partial charge in [-0.05, 0) is 33.6 Å². The van der Waals surface area contributed by atoms with Crippen molar-refractivity contribution in [1.29, 1.82) is 5.26 Å². The molecule has 19 heavy (non-hydrogen) atoms. The molecule has 104 valence electrons. The molecule has 5 heteroatoms. The van der Waals surface area contributed by atoms with Crippen LogP contribution in [0, 0.1) is 30.6 Å². The van der Waals surface area contributed by atoms with Crippen molar-refractivity contribution >= 4 is 17.2 Å². The molecule has 1 rings (SSSR count). The van der Waals surface area contributed by atoms with E-state index in [-0.39, 0.29) is 11.9 Å². The lowest BCUT2D eigenvalue weighted by atomic mass is 9.83. The fourth-order valence-electron chi connectivity index (χ4n) is 2.13. The van der Waals surface area contributed by atoms with Gasteiger partial charge in [0, 0.05) is 4.88 Å². The third-order valence-corrected chi connectivity index (χ3v) is 4.79. The third kappa shape index (κ3) is 3.13. The first-order chi connectivity index (χ1) is 8.90. The number of aryl methyl sites for hydroxylation is 2. The second-order valence-corrected chi connectivity index (χ2v) is 6.01. The Labute approximate surface area is 118 Å². The summed E-state index contributed by atoms with van der Waals surface area (Å²) >= 11 is 1.59. The molecule has 0 aromatic carbocycles. The normalized spacial score (nSPS) is 12.8. The van der Waals surface area contributed by atoms with Crippen molar-refractivity contribution in [2.45, 2.75) is 53.5 Å². The van der Waals surface area contributed by atoms with Gasteiger partial charge in [0.15, 0.2) is 0 Å². The molecule has 0 radical (unpaired) electrons. The first kappa shape index (κ1) is 15.6. The van der Waals surface area contributed by atoms with E-state index in [0.717, 1.165) is 15.6 Å². The van der Waals surface area contributed by atoms with Crippen LogP contribution in [0.2, 0.25) is 0 Å². The Morgan fingerprint density at radius 2 is 2.05 bits per heavy atom. The van der Waals surface area contributed by atoms with Crippen LogP contribution in [0.5, 0.6) is 0 Å². The zero-order valence-corrected chi connectivity index (χ0v) is 13.0. The van der Waals surface area contributed by atoms with Crippen LogP contribution >= 0.6 is 11.3 Å². The van der Waals surface area contributed by atoms with Crippen molar-refractivity contribution in [2.24, 2.45) is 5.41 Å². The van der Waals surface area contributed by atoms with Crippen molar-refractivity contribution in [2.75, 3.05) is 0 Å². The first-order valence-corrected chi connectivity index (χ1v) is 7.38. The first-order valence-electron chi connectivity index (χ1n) is 6.56. The highest BCUT2D eigenvalue weighted by molar-refractivity contribution is 7.11. The Kier molecular flexibility index (Phi) is 5.07. The molecule has 0 saturated heterocycles. The largest absolute Gasteiger partial charge is 0.347 e. The fraction of sp³-hybridized carbons (Fsp3) is 0.643. The number of carbonyl (C=O) groups is 1. The number of nitriles is 1. The summed E-state index contributed by atoms with van der Waals surface area (Å²) in [5, 5.41) is 13.2. The topological polar surface area (TPSA) is 65.8 Å². The van der Waals surface area contributed by atoms with E-state index in [2.05, 4.69) is 16.4 Å². The highest BCUT2D eigenvalue weighted by atomic mass is 32.1. The Morgan fingerprint density at radius 1 is 1.47 bits per heavy atom. The summed E-state index contributed by atoms with van der Waals surface area (Å²) in [4.78, 5) is 17.7. The van der Waals surface area contributed by atoms with E-state index in [0.29, 0.717) is 12.8 Å². The van der Waals surface area contributed by atoms with Gasteiger partial charge in [-0.2, -0.15) is 5.26 Å². The molecule has 4 nitrogen and oxygen atoms in total. The second kappa shape index (κ2) is 6.16. The standard InChI is InChI=1S/C14H21N3OS/c1-6-14(7-2,8-15)13(18)17-10(4)12-9(3)16-11(5)19-12/h10H,6-7H2,1-5H3,(H,17,18). The predicted molar refractivity (Wildman–Crippen MR) is 76.8 cm³/mol. The van der Waals surface area contributed by atoms with Gasteiger partial charge in [-0.25, -0.2) is 4.98 Å². The van der Waals surface area contributed by atoms with E-state index in [9.17, 15) is 10.1 Å². The van der Waals surface area contributed by atoms with Crippen LogP contribution in [0.4, 0.5) is 0 Å². The summed E-state index contributed by atoms with van der Waals surface area (Å²) in [6.45, 7) is 9.58. The fourth-order valence-corrected chi connectivity index (χ4v) is 3.06. The van der Waals surface area contributed by atoms with E-state index in [1.54, 1.807) is 11.3 Å². The van der Waals surface area contributed by atoms with Crippen molar-refractivity contribution in [1.82, 2.24) is 10.3 Å². The molecular formula is C14H21N3OS. The van der Waals surface area contributed by atoms with Crippen LogP contribution in [-0.4, -0.2) is 10.9 Å². The van der Waals surface area contributed by atoms with Crippen LogP contribution in [0.15, 0.2) is 0 Å². The lowest BCUT2D eigenvalue weighted by Crippen LogP contribution is -2.40. The maximum Gasteiger partial charge on any atom is 0.240 e. The number of amides is 1. The van der Waals surface area contributed by atoms with Crippen LogP contribution in [-0.2, 0) is 4.79 Å². The summed E-state index contributed by atoms with van der Waals surface area (Å²) in [6, 6.07) is 2.06. The van der Waals surface area contributed by atoms with E-state index >= 15 is 0 Å². The molecule has 0 aliphatic rings. The minimum absolute atomic E-state index is 0.107. The predicted octanol–water partition coefficient (Wildman–Crippen LogP) is 3.27. The molecule has 1 aromatic heterocycles. The SMILES string of the molecule is CCC(C#N)(CC)C(=O)NC(C)c1sc(C)nc1C. The quantitative estimate of drug-likeness (QED) is 0.899. The van der Waals surface area contributed by atoms with Gasteiger partial charge in [-0.1, -0.05) is 13.8 Å². The molecule has 1 unspecified atom stereocenters. The third-order valence-electron chi connectivity index (χ3n) is 3.54. The van der Waals surface area contributed by atoms with Crippen molar-refractivity contribution in [3.05, 3.63) is 15.6 Å². The number of hydrogen-bond donors (Lipinski definition) is 1. The molecule has 0 aliphatic carbocycles.